The molecular weight excluding hydrogens is 532 g/mol. The van der Waals surface area contributed by atoms with Crippen LogP contribution in [0.15, 0.2) is 60.7 Å². The molecule has 3 fully saturated rings. The Hall–Kier alpha value is -3.75. The number of Topliss-reactive ketones (excluding diaryl/α,β-unsaturated/α-hetero) is 1. The van der Waals surface area contributed by atoms with E-state index in [4.69, 9.17) is 30.5 Å². The van der Waals surface area contributed by atoms with Crippen LogP contribution in [-0.2, 0) is 18.0 Å². The lowest BCUT2D eigenvalue weighted by Crippen LogP contribution is -2.44. The molecule has 6 rings (SSSR count). The van der Waals surface area contributed by atoms with E-state index in [-0.39, 0.29) is 35.6 Å². The number of ketones is 1. The Morgan fingerprint density at radius 2 is 1.38 bits per heavy atom. The molecule has 3 heterocycles. The molecule has 0 radical (unpaired) electrons. The minimum Gasteiger partial charge on any atom is -0.497 e. The van der Waals surface area contributed by atoms with Crippen molar-refractivity contribution in [3.63, 3.8) is 0 Å². The average Bonchev–Trinajstić information content (AvgIpc) is 3.33. The minimum absolute atomic E-state index is 0.0866. The van der Waals surface area contributed by atoms with E-state index in [0.29, 0.717) is 12.3 Å². The number of hydrogen-bond acceptors (Lipinski definition) is 7. The summed E-state index contributed by atoms with van der Waals surface area (Å²) < 4.78 is 22.7. The van der Waals surface area contributed by atoms with Crippen LogP contribution in [0.1, 0.15) is 34.3 Å². The quantitative estimate of drug-likeness (QED) is 0.253. The summed E-state index contributed by atoms with van der Waals surface area (Å²) in [7, 11) is 3.22. The van der Waals surface area contributed by atoms with Crippen molar-refractivity contribution < 1.29 is 28.5 Å². The lowest BCUT2D eigenvalue weighted by atomic mass is 10.0. The van der Waals surface area contributed by atoms with E-state index in [1.165, 1.54) is 6.07 Å². The van der Waals surface area contributed by atoms with Gasteiger partial charge in [0.2, 0.25) is 0 Å². The molecule has 0 N–H and O–H groups in total. The van der Waals surface area contributed by atoms with Gasteiger partial charge in [-0.2, -0.15) is 0 Å². The summed E-state index contributed by atoms with van der Waals surface area (Å²) >= 11 is 6.67. The third-order valence-corrected chi connectivity index (χ3v) is 7.76. The number of rotatable bonds is 10. The van der Waals surface area contributed by atoms with E-state index in [1.807, 2.05) is 48.5 Å². The van der Waals surface area contributed by atoms with Gasteiger partial charge in [0.25, 0.3) is 11.7 Å². The van der Waals surface area contributed by atoms with Crippen LogP contribution in [0.4, 0.5) is 0 Å². The van der Waals surface area contributed by atoms with Crippen molar-refractivity contribution in [1.29, 1.82) is 0 Å². The van der Waals surface area contributed by atoms with Crippen LogP contribution < -0.4 is 18.9 Å². The topological polar surface area (TPSA) is 77.5 Å². The Kier molecular flexibility index (Phi) is 8.77. The molecule has 1 amide bonds. The normalized spacial score (nSPS) is 18.1. The predicted octanol–water partition coefficient (Wildman–Crippen LogP) is 5.00. The lowest BCUT2D eigenvalue weighted by Gasteiger charge is -2.31. The van der Waals surface area contributed by atoms with Crippen molar-refractivity contribution in [3.05, 3.63) is 82.4 Å². The molecule has 3 aliphatic heterocycles. The van der Waals surface area contributed by atoms with Crippen LogP contribution in [0.5, 0.6) is 23.0 Å². The summed E-state index contributed by atoms with van der Waals surface area (Å²) in [5.74, 6) is 0.969. The van der Waals surface area contributed by atoms with Gasteiger partial charge < -0.3 is 28.7 Å². The number of carbonyl (C=O) groups is 2. The van der Waals surface area contributed by atoms with Gasteiger partial charge in [-0.3, -0.25) is 9.59 Å². The van der Waals surface area contributed by atoms with E-state index >= 15 is 0 Å². The number of hydrogen-bond donors (Lipinski definition) is 0. The van der Waals surface area contributed by atoms with Crippen molar-refractivity contribution >= 4 is 23.3 Å². The summed E-state index contributed by atoms with van der Waals surface area (Å²) in [5, 5.41) is 0.194. The highest BCUT2D eigenvalue weighted by Crippen LogP contribution is 2.38. The molecule has 0 unspecified atom stereocenters. The van der Waals surface area contributed by atoms with Crippen molar-refractivity contribution in [3.8, 4) is 23.0 Å². The fourth-order valence-electron chi connectivity index (χ4n) is 5.11. The SMILES string of the molecule is COc1ccc(COc2cc(C(=O)C(=O)N3CCN4CCC3CC4)cc(Cl)c2OCc2ccc(OC)cc2)cc1. The maximum Gasteiger partial charge on any atom is 0.295 e. The number of nitrogens with zero attached hydrogens (tertiary/aromatic N) is 2. The maximum atomic E-state index is 13.4. The molecule has 0 spiro atoms. The summed E-state index contributed by atoms with van der Waals surface area (Å²) in [6.45, 7) is 3.67. The number of halogens is 1. The lowest BCUT2D eigenvalue weighted by molar-refractivity contribution is -0.128. The molecule has 0 atom stereocenters. The van der Waals surface area contributed by atoms with Crippen LogP contribution in [0.2, 0.25) is 5.02 Å². The first kappa shape index (κ1) is 27.8. The number of amides is 1. The van der Waals surface area contributed by atoms with Gasteiger partial charge in [0.1, 0.15) is 24.7 Å². The zero-order valence-corrected chi connectivity index (χ0v) is 23.5. The number of methoxy groups -OCH3 is 2. The third-order valence-electron chi connectivity index (χ3n) is 7.48. The van der Waals surface area contributed by atoms with Crippen molar-refractivity contribution in [1.82, 2.24) is 9.80 Å². The fraction of sp³-hybridized carbons (Fsp3) is 0.355. The van der Waals surface area contributed by atoms with E-state index in [0.717, 1.165) is 55.1 Å². The highest BCUT2D eigenvalue weighted by molar-refractivity contribution is 6.43. The van der Waals surface area contributed by atoms with E-state index in [1.54, 1.807) is 25.2 Å². The van der Waals surface area contributed by atoms with Crippen LogP contribution >= 0.6 is 11.6 Å². The number of fused-ring (bicyclic) bond motifs is 4. The summed E-state index contributed by atoms with van der Waals surface area (Å²) in [6.07, 6.45) is 1.77. The van der Waals surface area contributed by atoms with Gasteiger partial charge in [-0.15, -0.1) is 0 Å². The Bertz CT molecular complexity index is 1340. The van der Waals surface area contributed by atoms with Gasteiger partial charge >= 0.3 is 0 Å². The molecule has 3 aromatic carbocycles. The number of benzene rings is 3. The molecule has 40 heavy (non-hydrogen) atoms. The van der Waals surface area contributed by atoms with Crippen LogP contribution in [0.3, 0.4) is 0 Å². The minimum atomic E-state index is -0.599. The van der Waals surface area contributed by atoms with E-state index in [2.05, 4.69) is 4.90 Å². The fourth-order valence-corrected chi connectivity index (χ4v) is 5.38. The van der Waals surface area contributed by atoms with Gasteiger partial charge in [-0.25, -0.2) is 0 Å². The van der Waals surface area contributed by atoms with E-state index in [9.17, 15) is 9.59 Å². The summed E-state index contributed by atoms with van der Waals surface area (Å²) in [4.78, 5) is 30.9. The number of piperidine rings is 1. The molecule has 3 saturated heterocycles. The standard InChI is InChI=1S/C31H33ClN2O6/c1-37-25-7-3-21(4-8-25)19-39-28-18-23(29(35)31(36)34-16-15-33-13-11-24(34)12-14-33)17-27(32)30(28)40-20-22-5-9-26(38-2)10-6-22/h3-10,17-18,24H,11-16,19-20H2,1-2H3. The molecule has 2 bridgehead atoms. The molecule has 8 nitrogen and oxygen atoms in total. The molecular formula is C31H33ClN2O6. The molecule has 0 saturated carbocycles. The Morgan fingerprint density at radius 3 is 1.95 bits per heavy atom. The molecule has 9 heteroatoms. The van der Waals surface area contributed by atoms with Gasteiger partial charge in [-0.1, -0.05) is 35.9 Å². The van der Waals surface area contributed by atoms with Gasteiger partial charge in [-0.05, 0) is 60.4 Å². The highest BCUT2D eigenvalue weighted by Gasteiger charge is 2.35. The van der Waals surface area contributed by atoms with Crippen molar-refractivity contribution in [2.75, 3.05) is 40.4 Å². The maximum absolute atomic E-state index is 13.4. The van der Waals surface area contributed by atoms with Gasteiger partial charge in [0, 0.05) is 37.8 Å². The molecule has 0 aliphatic carbocycles. The molecule has 210 valence electrons. The summed E-state index contributed by atoms with van der Waals surface area (Å²) in [5.41, 5.74) is 1.97. The van der Waals surface area contributed by atoms with Crippen LogP contribution in [-0.4, -0.2) is 67.9 Å². The van der Waals surface area contributed by atoms with Crippen molar-refractivity contribution in [2.45, 2.75) is 32.1 Å². The Balaban J connectivity index is 1.39. The number of carbonyl (C=O) groups excluding carboxylic acids is 2. The van der Waals surface area contributed by atoms with Gasteiger partial charge in [0.05, 0.1) is 19.2 Å². The van der Waals surface area contributed by atoms with Crippen LogP contribution in [0.25, 0.3) is 0 Å². The Labute approximate surface area is 239 Å². The zero-order valence-electron chi connectivity index (χ0n) is 22.7. The molecule has 0 aromatic heterocycles. The number of ether oxygens (including phenoxy) is 4. The first-order valence-electron chi connectivity index (χ1n) is 13.4. The predicted molar refractivity (Wildman–Crippen MR) is 152 cm³/mol. The van der Waals surface area contributed by atoms with Crippen molar-refractivity contribution in [2.24, 2.45) is 0 Å². The second-order valence-electron chi connectivity index (χ2n) is 9.96. The molecule has 3 aliphatic rings. The zero-order chi connectivity index (χ0) is 28.1. The third kappa shape index (κ3) is 6.35. The second kappa shape index (κ2) is 12.6. The Morgan fingerprint density at radius 1 is 0.800 bits per heavy atom. The highest BCUT2D eigenvalue weighted by atomic mass is 35.5. The summed E-state index contributed by atoms with van der Waals surface area (Å²) in [6, 6.07) is 18.1. The first-order chi connectivity index (χ1) is 19.4. The monoisotopic (exact) mass is 564 g/mol. The van der Waals surface area contributed by atoms with Crippen LogP contribution in [0, 0.1) is 0 Å². The second-order valence-corrected chi connectivity index (χ2v) is 10.4. The van der Waals surface area contributed by atoms with Gasteiger partial charge in [0.15, 0.2) is 11.5 Å². The average molecular weight is 565 g/mol. The first-order valence-corrected chi connectivity index (χ1v) is 13.8. The smallest absolute Gasteiger partial charge is 0.295 e. The molecule has 3 aromatic rings. The van der Waals surface area contributed by atoms with E-state index < -0.39 is 11.7 Å². The largest absolute Gasteiger partial charge is 0.497 e.